The van der Waals surface area contributed by atoms with Crippen LogP contribution < -0.4 is 0 Å². The highest BCUT2D eigenvalue weighted by molar-refractivity contribution is 7.89. The minimum absolute atomic E-state index is 0.338. The number of benzene rings is 3. The molecule has 3 nitrogen and oxygen atoms in total. The summed E-state index contributed by atoms with van der Waals surface area (Å²) in [5, 5.41) is 0. The fraction of sp³-hybridized carbons (Fsp3) is 0.167. The first-order chi connectivity index (χ1) is 13.6. The molecule has 3 aromatic carbocycles. The summed E-state index contributed by atoms with van der Waals surface area (Å²) in [6.07, 6.45) is 2.14. The summed E-state index contributed by atoms with van der Waals surface area (Å²) in [5.74, 6) is 0. The van der Waals surface area contributed by atoms with E-state index in [1.165, 1.54) is 32.1 Å². The third-order valence-corrected chi connectivity index (χ3v) is 7.32. The maximum atomic E-state index is 12.7. The zero-order valence-electron chi connectivity index (χ0n) is 16.1. The van der Waals surface area contributed by atoms with Gasteiger partial charge in [0.15, 0.2) is 0 Å². The number of hydrogen-bond donors (Lipinski definition) is 0. The van der Waals surface area contributed by atoms with E-state index in [1.54, 1.807) is 12.1 Å². The van der Waals surface area contributed by atoms with Crippen LogP contribution in [0.1, 0.15) is 30.5 Å². The first-order valence-corrected chi connectivity index (χ1v) is 11.0. The van der Waals surface area contributed by atoms with Crippen molar-refractivity contribution in [2.75, 3.05) is 13.1 Å². The number of rotatable bonds is 5. The molecule has 0 radical (unpaired) electrons. The van der Waals surface area contributed by atoms with Crippen molar-refractivity contribution >= 4 is 21.7 Å². The second-order valence-corrected chi connectivity index (χ2v) is 8.75. The highest BCUT2D eigenvalue weighted by atomic mass is 32.2. The van der Waals surface area contributed by atoms with Crippen LogP contribution in [0.4, 0.5) is 0 Å². The summed E-state index contributed by atoms with van der Waals surface area (Å²) < 4.78 is 26.9. The van der Waals surface area contributed by atoms with E-state index in [9.17, 15) is 8.42 Å². The average molecular weight is 390 g/mol. The molecule has 0 aliphatic heterocycles. The van der Waals surface area contributed by atoms with Crippen molar-refractivity contribution in [1.29, 1.82) is 0 Å². The molecule has 1 aliphatic rings. The summed E-state index contributed by atoms with van der Waals surface area (Å²) in [7, 11) is -3.43. The van der Waals surface area contributed by atoms with E-state index in [0.717, 1.165) is 5.56 Å². The van der Waals surface area contributed by atoms with E-state index in [0.29, 0.717) is 18.0 Å². The van der Waals surface area contributed by atoms with E-state index in [2.05, 4.69) is 54.6 Å². The average Bonchev–Trinajstić information content (AvgIpc) is 3.03. The molecule has 0 saturated carbocycles. The fourth-order valence-corrected chi connectivity index (χ4v) is 5.28. The fourth-order valence-electron chi connectivity index (χ4n) is 3.82. The molecule has 4 heteroatoms. The Labute approximate surface area is 167 Å². The van der Waals surface area contributed by atoms with Crippen LogP contribution >= 0.6 is 0 Å². The molecular formula is C24H23NO2S. The Kier molecular flexibility index (Phi) is 4.92. The molecule has 0 bridgehead atoms. The monoisotopic (exact) mass is 389 g/mol. The molecule has 0 unspecified atom stereocenters. The SMILES string of the molecule is CCN(CC)S(=O)(=O)c1ccc(C=C2c3ccccc3-c3ccccc32)cc1. The van der Waals surface area contributed by atoms with E-state index in [4.69, 9.17) is 0 Å². The third kappa shape index (κ3) is 3.09. The van der Waals surface area contributed by atoms with Gasteiger partial charge in [-0.1, -0.05) is 74.5 Å². The van der Waals surface area contributed by atoms with Crippen LogP contribution in [0.3, 0.4) is 0 Å². The molecule has 0 aromatic heterocycles. The molecule has 28 heavy (non-hydrogen) atoms. The van der Waals surface area contributed by atoms with Crippen molar-refractivity contribution in [3.63, 3.8) is 0 Å². The van der Waals surface area contributed by atoms with Gasteiger partial charge in [0.1, 0.15) is 0 Å². The normalized spacial score (nSPS) is 12.8. The Morgan fingerprint density at radius 1 is 0.714 bits per heavy atom. The molecule has 0 spiro atoms. The quantitative estimate of drug-likeness (QED) is 0.465. The van der Waals surface area contributed by atoms with Gasteiger partial charge in [-0.3, -0.25) is 0 Å². The molecule has 0 fully saturated rings. The van der Waals surface area contributed by atoms with Gasteiger partial charge in [0.05, 0.1) is 4.90 Å². The minimum Gasteiger partial charge on any atom is -0.207 e. The van der Waals surface area contributed by atoms with Crippen molar-refractivity contribution in [2.45, 2.75) is 18.7 Å². The van der Waals surface area contributed by atoms with E-state index >= 15 is 0 Å². The molecule has 142 valence electrons. The van der Waals surface area contributed by atoms with Crippen molar-refractivity contribution in [1.82, 2.24) is 4.31 Å². The first-order valence-electron chi connectivity index (χ1n) is 9.57. The van der Waals surface area contributed by atoms with Gasteiger partial charge in [0.25, 0.3) is 0 Å². The Bertz CT molecular complexity index is 1090. The molecular weight excluding hydrogens is 366 g/mol. The zero-order chi connectivity index (χ0) is 19.7. The summed E-state index contributed by atoms with van der Waals surface area (Å²) in [6.45, 7) is 4.65. The van der Waals surface area contributed by atoms with Crippen LogP contribution in [-0.4, -0.2) is 25.8 Å². The highest BCUT2D eigenvalue weighted by Gasteiger charge is 2.23. The number of fused-ring (bicyclic) bond motifs is 3. The Balaban J connectivity index is 1.75. The van der Waals surface area contributed by atoms with Gasteiger partial charge in [-0.2, -0.15) is 4.31 Å². The second-order valence-electron chi connectivity index (χ2n) is 6.81. The van der Waals surface area contributed by atoms with Gasteiger partial charge in [-0.15, -0.1) is 0 Å². The lowest BCUT2D eigenvalue weighted by Crippen LogP contribution is -2.30. The lowest BCUT2D eigenvalue weighted by molar-refractivity contribution is 0.445. The molecule has 1 aliphatic carbocycles. The predicted octanol–water partition coefficient (Wildman–Crippen LogP) is 5.29. The third-order valence-electron chi connectivity index (χ3n) is 5.26. The van der Waals surface area contributed by atoms with E-state index < -0.39 is 10.0 Å². The van der Waals surface area contributed by atoms with E-state index in [-0.39, 0.29) is 0 Å². The number of nitrogens with zero attached hydrogens (tertiary/aromatic N) is 1. The number of sulfonamides is 1. The second kappa shape index (κ2) is 7.38. The highest BCUT2D eigenvalue weighted by Crippen LogP contribution is 2.44. The van der Waals surface area contributed by atoms with Gasteiger partial charge in [0.2, 0.25) is 10.0 Å². The Morgan fingerprint density at radius 2 is 1.18 bits per heavy atom. The topological polar surface area (TPSA) is 37.4 Å². The minimum atomic E-state index is -3.43. The van der Waals surface area contributed by atoms with Crippen LogP contribution in [0.2, 0.25) is 0 Å². The Hall–Kier alpha value is -2.69. The van der Waals surface area contributed by atoms with Crippen LogP contribution in [0.15, 0.2) is 77.7 Å². The lowest BCUT2D eigenvalue weighted by atomic mass is 10.0. The van der Waals surface area contributed by atoms with Crippen molar-refractivity contribution in [3.05, 3.63) is 89.5 Å². The van der Waals surface area contributed by atoms with Gasteiger partial charge in [0, 0.05) is 13.1 Å². The zero-order valence-corrected chi connectivity index (χ0v) is 16.9. The van der Waals surface area contributed by atoms with Gasteiger partial charge in [-0.25, -0.2) is 8.42 Å². The van der Waals surface area contributed by atoms with Gasteiger partial charge in [-0.05, 0) is 51.6 Å². The molecule has 0 heterocycles. The van der Waals surface area contributed by atoms with Crippen LogP contribution in [0.5, 0.6) is 0 Å². The summed E-state index contributed by atoms with van der Waals surface area (Å²) in [5.41, 5.74) is 7.06. The maximum absolute atomic E-state index is 12.7. The maximum Gasteiger partial charge on any atom is 0.243 e. The van der Waals surface area contributed by atoms with Gasteiger partial charge >= 0.3 is 0 Å². The molecule has 0 N–H and O–H groups in total. The molecule has 0 saturated heterocycles. The first kappa shape index (κ1) is 18.7. The predicted molar refractivity (Wildman–Crippen MR) is 115 cm³/mol. The summed E-state index contributed by atoms with van der Waals surface area (Å²) >= 11 is 0. The van der Waals surface area contributed by atoms with Crippen LogP contribution in [0.25, 0.3) is 22.8 Å². The lowest BCUT2D eigenvalue weighted by Gasteiger charge is -2.18. The van der Waals surface area contributed by atoms with Crippen LogP contribution in [0, 0.1) is 0 Å². The smallest absolute Gasteiger partial charge is 0.207 e. The number of hydrogen-bond acceptors (Lipinski definition) is 2. The van der Waals surface area contributed by atoms with Crippen LogP contribution in [-0.2, 0) is 10.0 Å². The van der Waals surface area contributed by atoms with Crippen molar-refractivity contribution in [3.8, 4) is 11.1 Å². The standard InChI is InChI=1S/C24H23NO2S/c1-3-25(4-2)28(26,27)19-15-13-18(14-16-19)17-24-22-11-7-5-9-20(22)21-10-6-8-12-23(21)24/h5-17H,3-4H2,1-2H3. The van der Waals surface area contributed by atoms with Crippen molar-refractivity contribution < 1.29 is 8.42 Å². The largest absolute Gasteiger partial charge is 0.243 e. The molecule has 4 rings (SSSR count). The summed E-state index contributed by atoms with van der Waals surface area (Å²) in [6, 6.07) is 24.0. The molecule has 3 aromatic rings. The summed E-state index contributed by atoms with van der Waals surface area (Å²) in [4.78, 5) is 0.338. The van der Waals surface area contributed by atoms with E-state index in [1.807, 2.05) is 26.0 Å². The molecule has 0 atom stereocenters. The van der Waals surface area contributed by atoms with Crippen molar-refractivity contribution in [2.24, 2.45) is 0 Å². The molecule has 0 amide bonds. The van der Waals surface area contributed by atoms with Gasteiger partial charge < -0.3 is 0 Å². The Morgan fingerprint density at radius 3 is 1.64 bits per heavy atom.